The normalized spacial score (nSPS) is 13.8. The molecule has 0 atom stereocenters. The van der Waals surface area contributed by atoms with Crippen LogP contribution in [-0.2, 0) is 12.8 Å². The second-order valence-electron chi connectivity index (χ2n) is 4.14. The molecule has 1 aliphatic carbocycles. The van der Waals surface area contributed by atoms with Crippen molar-refractivity contribution in [3.8, 4) is 0 Å². The van der Waals surface area contributed by atoms with Crippen LogP contribution in [0.3, 0.4) is 0 Å². The van der Waals surface area contributed by atoms with E-state index in [1.807, 2.05) is 12.1 Å². The molecule has 84 valence electrons. The van der Waals surface area contributed by atoms with E-state index in [9.17, 15) is 9.18 Å². The minimum Gasteiger partial charge on any atom is -0.287 e. The van der Waals surface area contributed by atoms with E-state index < -0.39 is 0 Å². The van der Waals surface area contributed by atoms with E-state index in [0.29, 0.717) is 17.7 Å². The summed E-state index contributed by atoms with van der Waals surface area (Å²) in [5, 5.41) is 0. The van der Waals surface area contributed by atoms with Crippen molar-refractivity contribution in [2.45, 2.75) is 12.8 Å². The van der Waals surface area contributed by atoms with Gasteiger partial charge < -0.3 is 0 Å². The smallest absolute Gasteiger partial charge is 0.211 e. The van der Waals surface area contributed by atoms with Crippen LogP contribution in [0.15, 0.2) is 36.5 Å². The molecular formula is C14H10FNO. The van der Waals surface area contributed by atoms with Crippen molar-refractivity contribution in [3.05, 3.63) is 64.7 Å². The van der Waals surface area contributed by atoms with E-state index in [1.165, 1.54) is 12.1 Å². The zero-order chi connectivity index (χ0) is 11.8. The Kier molecular flexibility index (Phi) is 2.25. The van der Waals surface area contributed by atoms with Gasteiger partial charge in [0.25, 0.3) is 0 Å². The third-order valence-electron chi connectivity index (χ3n) is 3.08. The average Bonchev–Trinajstić information content (AvgIpc) is 2.48. The number of hydrogen-bond donors (Lipinski definition) is 0. The molecule has 0 N–H and O–H groups in total. The Morgan fingerprint density at radius 1 is 1.12 bits per heavy atom. The van der Waals surface area contributed by atoms with Crippen LogP contribution < -0.4 is 0 Å². The highest BCUT2D eigenvalue weighted by atomic mass is 19.1. The fourth-order valence-corrected chi connectivity index (χ4v) is 2.23. The molecular weight excluding hydrogens is 217 g/mol. The van der Waals surface area contributed by atoms with E-state index in [2.05, 4.69) is 4.98 Å². The first kappa shape index (κ1) is 10.1. The number of rotatable bonds is 0. The molecule has 0 spiro atoms. The van der Waals surface area contributed by atoms with Crippen molar-refractivity contribution in [2.24, 2.45) is 0 Å². The van der Waals surface area contributed by atoms with Gasteiger partial charge in [-0.1, -0.05) is 6.07 Å². The molecule has 0 aliphatic heterocycles. The first-order valence-electron chi connectivity index (χ1n) is 5.53. The second-order valence-corrected chi connectivity index (χ2v) is 4.14. The first-order valence-corrected chi connectivity index (χ1v) is 5.53. The largest absolute Gasteiger partial charge is 0.287 e. The first-order chi connectivity index (χ1) is 8.25. The summed E-state index contributed by atoms with van der Waals surface area (Å²) in [5.41, 5.74) is 2.78. The number of ketones is 1. The Balaban J connectivity index is 2.20. The van der Waals surface area contributed by atoms with Crippen LogP contribution >= 0.6 is 0 Å². The number of nitrogens with zero attached hydrogens (tertiary/aromatic N) is 1. The van der Waals surface area contributed by atoms with Crippen LogP contribution in [0.1, 0.15) is 27.2 Å². The molecule has 0 saturated carbocycles. The van der Waals surface area contributed by atoms with E-state index >= 15 is 0 Å². The predicted molar refractivity (Wildman–Crippen MR) is 61.5 cm³/mol. The molecule has 0 unspecified atom stereocenters. The summed E-state index contributed by atoms with van der Waals surface area (Å²) in [6.45, 7) is 0. The predicted octanol–water partition coefficient (Wildman–Crippen LogP) is 2.55. The highest BCUT2D eigenvalue weighted by Gasteiger charge is 2.22. The molecule has 2 aromatic rings. The number of carbonyl (C=O) groups excluding carboxylic acids is 1. The Labute approximate surface area is 98.1 Å². The maximum atomic E-state index is 13.2. The van der Waals surface area contributed by atoms with Crippen LogP contribution in [0.5, 0.6) is 0 Å². The number of aryl methyl sites for hydroxylation is 2. The average molecular weight is 227 g/mol. The fourth-order valence-electron chi connectivity index (χ4n) is 2.23. The van der Waals surface area contributed by atoms with E-state index in [1.54, 1.807) is 12.3 Å². The SMILES string of the molecule is O=C1c2ccc(F)cc2CCc2cccnc21. The van der Waals surface area contributed by atoms with Gasteiger partial charge in [-0.2, -0.15) is 0 Å². The Morgan fingerprint density at radius 3 is 2.82 bits per heavy atom. The third-order valence-corrected chi connectivity index (χ3v) is 3.08. The monoisotopic (exact) mass is 227 g/mol. The zero-order valence-corrected chi connectivity index (χ0v) is 9.11. The lowest BCUT2D eigenvalue weighted by Gasteiger charge is -2.03. The van der Waals surface area contributed by atoms with Crippen molar-refractivity contribution >= 4 is 5.78 Å². The zero-order valence-electron chi connectivity index (χ0n) is 9.11. The van der Waals surface area contributed by atoms with Gasteiger partial charge in [0.2, 0.25) is 5.78 Å². The second kappa shape index (κ2) is 3.77. The van der Waals surface area contributed by atoms with Crippen molar-refractivity contribution in [1.29, 1.82) is 0 Å². The standard InChI is InChI=1S/C14H10FNO/c15-11-5-6-12-10(8-11)4-3-9-2-1-7-16-13(9)14(12)17/h1-2,5-8H,3-4H2. The Morgan fingerprint density at radius 2 is 1.94 bits per heavy atom. The molecule has 17 heavy (non-hydrogen) atoms. The number of pyridine rings is 1. The molecule has 0 bridgehead atoms. The van der Waals surface area contributed by atoms with Crippen LogP contribution in [-0.4, -0.2) is 10.8 Å². The number of fused-ring (bicyclic) bond motifs is 2. The van der Waals surface area contributed by atoms with Crippen molar-refractivity contribution < 1.29 is 9.18 Å². The Bertz CT molecular complexity index is 607. The summed E-state index contributed by atoms with van der Waals surface area (Å²) >= 11 is 0. The summed E-state index contributed by atoms with van der Waals surface area (Å²) in [4.78, 5) is 16.4. The van der Waals surface area contributed by atoms with Gasteiger partial charge in [-0.15, -0.1) is 0 Å². The number of carbonyl (C=O) groups is 1. The van der Waals surface area contributed by atoms with E-state index in [0.717, 1.165) is 17.5 Å². The van der Waals surface area contributed by atoms with Crippen molar-refractivity contribution in [2.75, 3.05) is 0 Å². The van der Waals surface area contributed by atoms with Gasteiger partial charge in [-0.25, -0.2) is 4.39 Å². The molecule has 0 amide bonds. The van der Waals surface area contributed by atoms with Gasteiger partial charge in [-0.05, 0) is 48.2 Å². The topological polar surface area (TPSA) is 30.0 Å². The summed E-state index contributed by atoms with van der Waals surface area (Å²) < 4.78 is 13.2. The molecule has 0 fully saturated rings. The molecule has 0 saturated heterocycles. The van der Waals surface area contributed by atoms with Gasteiger partial charge in [-0.3, -0.25) is 9.78 Å². The van der Waals surface area contributed by atoms with Gasteiger partial charge in [0.1, 0.15) is 11.5 Å². The molecule has 1 heterocycles. The lowest BCUT2D eigenvalue weighted by atomic mass is 10.0. The summed E-state index contributed by atoms with van der Waals surface area (Å²) in [6, 6.07) is 8.05. The van der Waals surface area contributed by atoms with E-state index in [-0.39, 0.29) is 11.6 Å². The van der Waals surface area contributed by atoms with Crippen molar-refractivity contribution in [3.63, 3.8) is 0 Å². The number of aromatic nitrogens is 1. The van der Waals surface area contributed by atoms with Crippen LogP contribution in [0.25, 0.3) is 0 Å². The molecule has 1 aromatic carbocycles. The number of hydrogen-bond acceptors (Lipinski definition) is 2. The van der Waals surface area contributed by atoms with Crippen LogP contribution in [0, 0.1) is 5.82 Å². The molecule has 3 rings (SSSR count). The molecule has 1 aliphatic rings. The fraction of sp³-hybridized carbons (Fsp3) is 0.143. The minimum absolute atomic E-state index is 0.104. The molecule has 1 aromatic heterocycles. The van der Waals surface area contributed by atoms with Gasteiger partial charge in [0.15, 0.2) is 0 Å². The highest BCUT2D eigenvalue weighted by Crippen LogP contribution is 2.23. The molecule has 0 radical (unpaired) electrons. The minimum atomic E-state index is -0.296. The molecule has 2 nitrogen and oxygen atoms in total. The summed E-state index contributed by atoms with van der Waals surface area (Å²) in [5.74, 6) is -0.399. The number of halogens is 1. The van der Waals surface area contributed by atoms with Gasteiger partial charge in [0, 0.05) is 11.8 Å². The van der Waals surface area contributed by atoms with Crippen LogP contribution in [0.4, 0.5) is 4.39 Å². The lowest BCUT2D eigenvalue weighted by molar-refractivity contribution is 0.103. The lowest BCUT2D eigenvalue weighted by Crippen LogP contribution is -2.06. The maximum Gasteiger partial charge on any atom is 0.211 e. The Hall–Kier alpha value is -2.03. The van der Waals surface area contributed by atoms with Gasteiger partial charge in [0.05, 0.1) is 0 Å². The maximum absolute atomic E-state index is 13.2. The quantitative estimate of drug-likeness (QED) is 0.692. The summed E-state index contributed by atoms with van der Waals surface area (Å²) in [6.07, 6.45) is 3.02. The number of benzene rings is 1. The summed E-state index contributed by atoms with van der Waals surface area (Å²) in [7, 11) is 0. The van der Waals surface area contributed by atoms with Crippen LogP contribution in [0.2, 0.25) is 0 Å². The highest BCUT2D eigenvalue weighted by molar-refractivity contribution is 6.09. The molecule has 3 heteroatoms. The van der Waals surface area contributed by atoms with E-state index in [4.69, 9.17) is 0 Å². The van der Waals surface area contributed by atoms with Gasteiger partial charge >= 0.3 is 0 Å². The van der Waals surface area contributed by atoms with Crippen molar-refractivity contribution in [1.82, 2.24) is 4.98 Å². The third kappa shape index (κ3) is 1.64.